The number of carbonyl (C=O) groups is 1. The Kier molecular flexibility index (Phi) is 5.88. The van der Waals surface area contributed by atoms with Gasteiger partial charge in [-0.25, -0.2) is 9.97 Å². The van der Waals surface area contributed by atoms with Crippen LogP contribution >= 0.6 is 0 Å². The molecule has 2 fully saturated rings. The summed E-state index contributed by atoms with van der Waals surface area (Å²) in [7, 11) is 1.56. The van der Waals surface area contributed by atoms with Gasteiger partial charge < -0.3 is 14.8 Å². The van der Waals surface area contributed by atoms with Gasteiger partial charge >= 0.3 is 0 Å². The van der Waals surface area contributed by atoms with Gasteiger partial charge in [-0.1, -0.05) is 12.8 Å². The van der Waals surface area contributed by atoms with E-state index in [1.165, 1.54) is 25.7 Å². The van der Waals surface area contributed by atoms with Crippen molar-refractivity contribution >= 4 is 5.91 Å². The maximum absolute atomic E-state index is 12.1. The Bertz CT molecular complexity index is 538. The first kappa shape index (κ1) is 17.0. The van der Waals surface area contributed by atoms with Gasteiger partial charge in [0.1, 0.15) is 6.10 Å². The Morgan fingerprint density at radius 2 is 1.75 bits per heavy atom. The molecule has 2 saturated carbocycles. The second-order valence-electron chi connectivity index (χ2n) is 6.88. The average Bonchev–Trinajstić information content (AvgIpc) is 3.10. The van der Waals surface area contributed by atoms with Crippen LogP contribution < -0.4 is 14.8 Å². The van der Waals surface area contributed by atoms with Gasteiger partial charge in [0.25, 0.3) is 11.8 Å². The van der Waals surface area contributed by atoms with Gasteiger partial charge in [-0.05, 0) is 44.4 Å². The van der Waals surface area contributed by atoms with Gasteiger partial charge in [0.05, 0.1) is 7.11 Å². The van der Waals surface area contributed by atoms with Gasteiger partial charge in [0.15, 0.2) is 0 Å². The van der Waals surface area contributed by atoms with Crippen molar-refractivity contribution in [1.29, 1.82) is 0 Å². The van der Waals surface area contributed by atoms with Crippen LogP contribution in [0.5, 0.6) is 11.8 Å². The van der Waals surface area contributed by atoms with E-state index in [0.717, 1.165) is 25.7 Å². The minimum Gasteiger partial charge on any atom is -0.477 e. The Morgan fingerprint density at radius 1 is 1.08 bits per heavy atom. The number of hydrogen-bond acceptors (Lipinski definition) is 5. The fourth-order valence-corrected chi connectivity index (χ4v) is 3.78. The van der Waals surface area contributed by atoms with Gasteiger partial charge in [-0.15, -0.1) is 0 Å². The summed E-state index contributed by atoms with van der Waals surface area (Å²) in [5, 5.41) is 3.21. The highest BCUT2D eigenvalue weighted by Crippen LogP contribution is 2.29. The first-order valence-corrected chi connectivity index (χ1v) is 9.05. The van der Waals surface area contributed by atoms with Crippen LogP contribution in [-0.4, -0.2) is 35.1 Å². The number of hydrogen-bond donors (Lipinski definition) is 1. The molecule has 2 aliphatic carbocycles. The van der Waals surface area contributed by atoms with Crippen molar-refractivity contribution in [1.82, 2.24) is 15.3 Å². The van der Waals surface area contributed by atoms with Crippen LogP contribution in [0.2, 0.25) is 0 Å². The van der Waals surface area contributed by atoms with E-state index < -0.39 is 0 Å². The third-order valence-corrected chi connectivity index (χ3v) is 5.09. The quantitative estimate of drug-likeness (QED) is 0.866. The molecule has 6 nitrogen and oxygen atoms in total. The van der Waals surface area contributed by atoms with Crippen molar-refractivity contribution in [2.24, 2.45) is 5.92 Å². The third kappa shape index (κ3) is 4.58. The lowest BCUT2D eigenvalue weighted by Crippen LogP contribution is -2.40. The van der Waals surface area contributed by atoms with Crippen LogP contribution in [0.1, 0.15) is 57.8 Å². The summed E-state index contributed by atoms with van der Waals surface area (Å²) in [6, 6.07) is 0.280. The molecule has 6 heteroatoms. The summed E-state index contributed by atoms with van der Waals surface area (Å²) in [4.78, 5) is 20.4. The normalized spacial score (nSPS) is 24.5. The fraction of sp³-hybridized carbons (Fsp3) is 0.722. The number of aromatic nitrogens is 2. The minimum atomic E-state index is 0.110. The zero-order valence-electron chi connectivity index (χ0n) is 14.4. The van der Waals surface area contributed by atoms with E-state index in [1.807, 2.05) is 0 Å². The predicted octanol–water partition coefficient (Wildman–Crippen LogP) is 2.87. The van der Waals surface area contributed by atoms with Crippen molar-refractivity contribution in [2.45, 2.75) is 69.9 Å². The number of carbonyl (C=O) groups excluding carboxylic acids is 1. The molecule has 3 rings (SSSR count). The zero-order chi connectivity index (χ0) is 16.8. The smallest absolute Gasteiger partial charge is 0.278 e. The topological polar surface area (TPSA) is 73.3 Å². The molecule has 0 unspecified atom stereocenters. The summed E-state index contributed by atoms with van der Waals surface area (Å²) in [5.41, 5.74) is 0. The molecule has 24 heavy (non-hydrogen) atoms. The molecule has 0 atom stereocenters. The molecular weight excluding hydrogens is 306 g/mol. The number of nitrogens with zero attached hydrogens (tertiary/aromatic N) is 2. The molecule has 1 N–H and O–H groups in total. The Labute approximate surface area is 143 Å². The Balaban J connectivity index is 1.41. The van der Waals surface area contributed by atoms with Crippen LogP contribution in [0.25, 0.3) is 0 Å². The molecule has 1 heterocycles. The van der Waals surface area contributed by atoms with Gasteiger partial charge in [-0.2, -0.15) is 0 Å². The van der Waals surface area contributed by atoms with Gasteiger partial charge in [0.2, 0.25) is 5.91 Å². The molecule has 0 aliphatic heterocycles. The average molecular weight is 333 g/mol. The second kappa shape index (κ2) is 8.31. The van der Waals surface area contributed by atoms with Crippen LogP contribution in [0.4, 0.5) is 0 Å². The first-order chi connectivity index (χ1) is 11.7. The molecule has 0 bridgehead atoms. The molecule has 2 aliphatic rings. The Morgan fingerprint density at radius 3 is 2.42 bits per heavy atom. The number of rotatable bonds is 6. The van der Waals surface area contributed by atoms with Crippen molar-refractivity contribution in [2.75, 3.05) is 7.11 Å². The standard InChI is InChI=1S/C18H27N3O3/c1-23-17-18(20-11-10-19-17)24-15-8-6-14(7-9-15)21-16(22)12-13-4-2-3-5-13/h10-11,13-15H,2-9,12H2,1H3,(H,21,22). The van der Waals surface area contributed by atoms with E-state index in [0.29, 0.717) is 24.1 Å². The minimum absolute atomic E-state index is 0.110. The maximum Gasteiger partial charge on any atom is 0.278 e. The van der Waals surface area contributed by atoms with Crippen molar-refractivity contribution < 1.29 is 14.3 Å². The molecule has 0 spiro atoms. The molecule has 0 saturated heterocycles. The fourth-order valence-electron chi connectivity index (χ4n) is 3.78. The lowest BCUT2D eigenvalue weighted by atomic mass is 9.92. The maximum atomic E-state index is 12.1. The molecule has 132 valence electrons. The lowest BCUT2D eigenvalue weighted by Gasteiger charge is -2.29. The predicted molar refractivity (Wildman–Crippen MR) is 90.0 cm³/mol. The van der Waals surface area contributed by atoms with Crippen LogP contribution in [-0.2, 0) is 4.79 Å². The van der Waals surface area contributed by atoms with E-state index in [-0.39, 0.29) is 18.1 Å². The first-order valence-electron chi connectivity index (χ1n) is 9.05. The van der Waals surface area contributed by atoms with E-state index in [2.05, 4.69) is 15.3 Å². The molecule has 0 radical (unpaired) electrons. The van der Waals surface area contributed by atoms with Crippen molar-refractivity contribution in [3.8, 4) is 11.8 Å². The highest BCUT2D eigenvalue weighted by Gasteiger charge is 2.26. The van der Waals surface area contributed by atoms with E-state index >= 15 is 0 Å². The molecule has 1 aromatic rings. The monoisotopic (exact) mass is 333 g/mol. The second-order valence-corrected chi connectivity index (χ2v) is 6.88. The highest BCUT2D eigenvalue weighted by molar-refractivity contribution is 5.76. The largest absolute Gasteiger partial charge is 0.477 e. The van der Waals surface area contributed by atoms with Crippen molar-refractivity contribution in [3.05, 3.63) is 12.4 Å². The van der Waals surface area contributed by atoms with Gasteiger partial charge in [-0.3, -0.25) is 4.79 Å². The number of nitrogens with one attached hydrogen (secondary N) is 1. The highest BCUT2D eigenvalue weighted by atomic mass is 16.5. The van der Waals surface area contributed by atoms with Crippen LogP contribution in [0.15, 0.2) is 12.4 Å². The molecular formula is C18H27N3O3. The van der Waals surface area contributed by atoms with Crippen LogP contribution in [0, 0.1) is 5.92 Å². The molecule has 1 aromatic heterocycles. The SMILES string of the molecule is COc1nccnc1OC1CCC(NC(=O)CC2CCCC2)CC1. The number of methoxy groups -OCH3 is 1. The summed E-state index contributed by atoms with van der Waals surface area (Å²) >= 11 is 0. The lowest BCUT2D eigenvalue weighted by molar-refractivity contribution is -0.123. The molecule has 0 aromatic carbocycles. The zero-order valence-corrected chi connectivity index (χ0v) is 14.4. The summed E-state index contributed by atoms with van der Waals surface area (Å²) in [5.74, 6) is 1.70. The van der Waals surface area contributed by atoms with E-state index in [1.54, 1.807) is 19.5 Å². The van der Waals surface area contributed by atoms with Crippen molar-refractivity contribution in [3.63, 3.8) is 0 Å². The van der Waals surface area contributed by atoms with Crippen LogP contribution in [0.3, 0.4) is 0 Å². The Hall–Kier alpha value is -1.85. The summed E-state index contributed by atoms with van der Waals surface area (Å²) < 4.78 is 11.1. The summed E-state index contributed by atoms with van der Waals surface area (Å²) in [6.45, 7) is 0. The van der Waals surface area contributed by atoms with E-state index in [9.17, 15) is 4.79 Å². The number of ether oxygens (including phenoxy) is 2. The van der Waals surface area contributed by atoms with Gasteiger partial charge in [0, 0.05) is 24.9 Å². The third-order valence-electron chi connectivity index (χ3n) is 5.09. The molecule has 1 amide bonds. The number of amides is 1. The van der Waals surface area contributed by atoms with E-state index in [4.69, 9.17) is 9.47 Å². The summed E-state index contributed by atoms with van der Waals surface area (Å²) in [6.07, 6.45) is 12.7.